The van der Waals surface area contributed by atoms with Crippen molar-refractivity contribution in [3.05, 3.63) is 52.1 Å². The lowest BCUT2D eigenvalue weighted by Crippen LogP contribution is -2.17. The number of phenolic OH excluding ortho intramolecular Hbond substituents is 2. The fraction of sp³-hybridized carbons (Fsp3) is 0.538. The van der Waals surface area contributed by atoms with Gasteiger partial charge in [0.2, 0.25) is 0 Å². The molecule has 2 rings (SSSR count). The number of rotatable bonds is 3. The van der Waals surface area contributed by atoms with Gasteiger partial charge in [-0.05, 0) is 57.6 Å². The van der Waals surface area contributed by atoms with E-state index >= 15 is 0 Å². The zero-order valence-electron chi connectivity index (χ0n) is 19.8. The molecule has 0 aliphatic carbocycles. The zero-order valence-corrected chi connectivity index (χ0v) is 20.6. The molecule has 3 heteroatoms. The summed E-state index contributed by atoms with van der Waals surface area (Å²) in [6.07, 6.45) is 0. The van der Waals surface area contributed by atoms with Crippen LogP contribution < -0.4 is 0 Å². The first-order valence-electron chi connectivity index (χ1n) is 10.4. The number of benzene rings is 2. The molecule has 0 aliphatic heterocycles. The van der Waals surface area contributed by atoms with Gasteiger partial charge in [-0.1, -0.05) is 74.4 Å². The maximum atomic E-state index is 10.9. The summed E-state index contributed by atoms with van der Waals surface area (Å²) in [6, 6.07) is 8.47. The summed E-state index contributed by atoms with van der Waals surface area (Å²) in [5, 5.41) is 21.4. The summed E-state index contributed by atoms with van der Waals surface area (Å²) in [5.74, 6) is 1.64. The predicted octanol–water partition coefficient (Wildman–Crippen LogP) is 7.59. The predicted molar refractivity (Wildman–Crippen MR) is 127 cm³/mol. The Bertz CT molecular complexity index is 856. The highest BCUT2D eigenvalue weighted by molar-refractivity contribution is 7.98. The standard InChI is InChI=1S/C26H38O2S/c1-16-11-18(14-21(22(16)27)26(8,9)10)29-15-17-12-19(24(2,3)4)23(28)20(13-17)25(5,6)7/h11-14,27-28H,15H2,1-10H3. The largest absolute Gasteiger partial charge is 0.507 e. The first kappa shape index (κ1) is 23.7. The Kier molecular flexibility index (Phi) is 6.45. The summed E-state index contributed by atoms with van der Waals surface area (Å²) in [5.41, 5.74) is 4.75. The minimum atomic E-state index is -0.126. The number of phenols is 2. The summed E-state index contributed by atoms with van der Waals surface area (Å²) in [7, 11) is 0. The quantitative estimate of drug-likeness (QED) is 0.508. The molecule has 0 amide bonds. The third kappa shape index (κ3) is 5.51. The molecule has 0 atom stereocenters. The molecule has 2 aromatic rings. The molecule has 29 heavy (non-hydrogen) atoms. The molecule has 0 aromatic heterocycles. The molecule has 0 saturated carbocycles. The van der Waals surface area contributed by atoms with Crippen molar-refractivity contribution in [3.8, 4) is 11.5 Å². The Balaban J connectivity index is 2.45. The number of aromatic hydroxyl groups is 2. The average molecular weight is 415 g/mol. The van der Waals surface area contributed by atoms with Gasteiger partial charge >= 0.3 is 0 Å². The highest BCUT2D eigenvalue weighted by Crippen LogP contribution is 2.42. The third-order valence-corrected chi connectivity index (χ3v) is 6.32. The van der Waals surface area contributed by atoms with E-state index in [0.29, 0.717) is 11.5 Å². The molecular formula is C26H38O2S. The smallest absolute Gasteiger partial charge is 0.123 e. The summed E-state index contributed by atoms with van der Waals surface area (Å²) in [4.78, 5) is 1.16. The molecule has 2 aromatic carbocycles. The zero-order chi connectivity index (χ0) is 22.4. The van der Waals surface area contributed by atoms with Crippen molar-refractivity contribution in [1.29, 1.82) is 0 Å². The second-order valence-electron chi connectivity index (χ2n) is 11.2. The Labute approximate surface area is 181 Å². The van der Waals surface area contributed by atoms with Crippen LogP contribution in [0.1, 0.15) is 90.1 Å². The monoisotopic (exact) mass is 414 g/mol. The van der Waals surface area contributed by atoms with E-state index < -0.39 is 0 Å². The fourth-order valence-corrected chi connectivity index (χ4v) is 4.45. The molecule has 0 radical (unpaired) electrons. The van der Waals surface area contributed by atoms with Crippen molar-refractivity contribution < 1.29 is 10.2 Å². The van der Waals surface area contributed by atoms with Crippen LogP contribution in [0.25, 0.3) is 0 Å². The van der Waals surface area contributed by atoms with Crippen LogP contribution >= 0.6 is 11.8 Å². The van der Waals surface area contributed by atoms with Gasteiger partial charge in [-0.25, -0.2) is 0 Å². The Hall–Kier alpha value is -1.61. The molecule has 2 nitrogen and oxygen atoms in total. The van der Waals surface area contributed by atoms with Crippen LogP contribution in [0.5, 0.6) is 11.5 Å². The average Bonchev–Trinajstić information content (AvgIpc) is 2.53. The van der Waals surface area contributed by atoms with E-state index in [1.807, 2.05) is 6.92 Å². The molecule has 0 saturated heterocycles. The second kappa shape index (κ2) is 7.91. The van der Waals surface area contributed by atoms with Gasteiger partial charge in [-0.2, -0.15) is 0 Å². The van der Waals surface area contributed by atoms with Crippen LogP contribution in [0.15, 0.2) is 29.2 Å². The van der Waals surface area contributed by atoms with Gasteiger partial charge < -0.3 is 10.2 Å². The summed E-state index contributed by atoms with van der Waals surface area (Å²) < 4.78 is 0. The van der Waals surface area contributed by atoms with Crippen LogP contribution in [0.4, 0.5) is 0 Å². The first-order chi connectivity index (χ1) is 13.0. The summed E-state index contributed by atoms with van der Waals surface area (Å²) in [6.45, 7) is 21.2. The van der Waals surface area contributed by atoms with E-state index in [4.69, 9.17) is 0 Å². The highest BCUT2D eigenvalue weighted by atomic mass is 32.2. The van der Waals surface area contributed by atoms with E-state index in [1.54, 1.807) is 11.8 Å². The van der Waals surface area contributed by atoms with E-state index in [0.717, 1.165) is 32.9 Å². The van der Waals surface area contributed by atoms with E-state index in [-0.39, 0.29) is 16.2 Å². The van der Waals surface area contributed by atoms with Gasteiger partial charge in [0.1, 0.15) is 11.5 Å². The van der Waals surface area contributed by atoms with Gasteiger partial charge in [0.05, 0.1) is 0 Å². The summed E-state index contributed by atoms with van der Waals surface area (Å²) >= 11 is 1.78. The highest BCUT2D eigenvalue weighted by Gasteiger charge is 2.26. The normalized spacial score (nSPS) is 13.0. The van der Waals surface area contributed by atoms with Gasteiger partial charge in [0.15, 0.2) is 0 Å². The van der Waals surface area contributed by atoms with Gasteiger partial charge in [0.25, 0.3) is 0 Å². The second-order valence-corrected chi connectivity index (χ2v) is 12.3. The van der Waals surface area contributed by atoms with E-state index in [9.17, 15) is 10.2 Å². The van der Waals surface area contributed by atoms with Gasteiger partial charge in [-0.3, -0.25) is 0 Å². The molecule has 0 aliphatic rings. The SMILES string of the molecule is Cc1cc(SCc2cc(C(C)(C)C)c(O)c(C(C)(C)C)c2)cc(C(C)(C)C)c1O. The first-order valence-corrected chi connectivity index (χ1v) is 11.3. The third-order valence-electron chi connectivity index (χ3n) is 5.27. The molecule has 2 N–H and O–H groups in total. The van der Waals surface area contributed by atoms with Crippen LogP contribution in [0, 0.1) is 6.92 Å². The molecule has 0 unspecified atom stereocenters. The van der Waals surface area contributed by atoms with Gasteiger partial charge in [-0.15, -0.1) is 11.8 Å². The number of hydrogen-bond acceptors (Lipinski definition) is 3. The Morgan fingerprint density at radius 2 is 1.07 bits per heavy atom. The maximum Gasteiger partial charge on any atom is 0.123 e. The molecular weight excluding hydrogens is 376 g/mol. The minimum absolute atomic E-state index is 0.108. The number of hydrogen-bond donors (Lipinski definition) is 2. The van der Waals surface area contributed by atoms with Crippen LogP contribution in [-0.2, 0) is 22.0 Å². The van der Waals surface area contributed by atoms with Crippen molar-refractivity contribution in [1.82, 2.24) is 0 Å². The molecule has 0 heterocycles. The van der Waals surface area contributed by atoms with Crippen LogP contribution in [-0.4, -0.2) is 10.2 Å². The Morgan fingerprint density at radius 1 is 0.655 bits per heavy atom. The van der Waals surface area contributed by atoms with Crippen molar-refractivity contribution >= 4 is 11.8 Å². The van der Waals surface area contributed by atoms with E-state index in [2.05, 4.69) is 86.6 Å². The van der Waals surface area contributed by atoms with E-state index in [1.165, 1.54) is 5.56 Å². The molecule has 160 valence electrons. The van der Waals surface area contributed by atoms with Crippen molar-refractivity contribution in [2.75, 3.05) is 0 Å². The van der Waals surface area contributed by atoms with Crippen molar-refractivity contribution in [2.24, 2.45) is 0 Å². The lowest BCUT2D eigenvalue weighted by atomic mass is 9.78. The minimum Gasteiger partial charge on any atom is -0.507 e. The number of aryl methyl sites for hydroxylation is 1. The lowest BCUT2D eigenvalue weighted by Gasteiger charge is -2.28. The molecule has 0 spiro atoms. The molecule has 0 fully saturated rings. The topological polar surface area (TPSA) is 40.5 Å². The van der Waals surface area contributed by atoms with Crippen LogP contribution in [0.2, 0.25) is 0 Å². The van der Waals surface area contributed by atoms with Gasteiger partial charge in [0, 0.05) is 16.2 Å². The Morgan fingerprint density at radius 3 is 1.48 bits per heavy atom. The molecule has 0 bridgehead atoms. The number of thioether (sulfide) groups is 1. The van der Waals surface area contributed by atoms with Crippen molar-refractivity contribution in [3.63, 3.8) is 0 Å². The fourth-order valence-electron chi connectivity index (χ4n) is 3.49. The maximum absolute atomic E-state index is 10.9. The lowest BCUT2D eigenvalue weighted by molar-refractivity contribution is 0.423. The van der Waals surface area contributed by atoms with Crippen molar-refractivity contribution in [2.45, 2.75) is 96.1 Å². The van der Waals surface area contributed by atoms with Crippen LogP contribution in [0.3, 0.4) is 0 Å².